The second kappa shape index (κ2) is 9.41. The zero-order valence-electron chi connectivity index (χ0n) is 11.1. The van der Waals surface area contributed by atoms with Crippen molar-refractivity contribution in [2.24, 2.45) is 0 Å². The van der Waals surface area contributed by atoms with E-state index in [0.29, 0.717) is 0 Å². The molecule has 0 aromatic heterocycles. The Balaban J connectivity index is 2.15. The Morgan fingerprint density at radius 2 is 1.88 bits per heavy atom. The van der Waals surface area contributed by atoms with Gasteiger partial charge in [-0.2, -0.15) is 0 Å². The molecule has 0 aliphatic heterocycles. The van der Waals surface area contributed by atoms with Crippen molar-refractivity contribution in [3.05, 3.63) is 30.3 Å². The highest BCUT2D eigenvalue weighted by molar-refractivity contribution is 7.99. The summed E-state index contributed by atoms with van der Waals surface area (Å²) in [5, 5.41) is 4.28. The Labute approximate surface area is 110 Å². The Morgan fingerprint density at radius 3 is 2.53 bits per heavy atom. The van der Waals surface area contributed by atoms with E-state index in [-0.39, 0.29) is 0 Å². The number of anilines is 1. The van der Waals surface area contributed by atoms with E-state index in [4.69, 9.17) is 0 Å². The molecule has 0 saturated heterocycles. The van der Waals surface area contributed by atoms with Crippen molar-refractivity contribution >= 4 is 17.4 Å². The second-order valence-electron chi connectivity index (χ2n) is 4.38. The van der Waals surface area contributed by atoms with Crippen LogP contribution in [0.5, 0.6) is 0 Å². The monoisotopic (exact) mass is 251 g/mol. The standard InChI is InChI=1S/C15H25NS/c1-3-5-7-12-15(4-2)17-13-16-14-10-8-6-9-11-14/h6,8-11,15-16H,3-5,7,12-13H2,1-2H3/t15-/m0/s1. The average molecular weight is 251 g/mol. The zero-order chi connectivity index (χ0) is 12.3. The molecule has 2 heteroatoms. The fourth-order valence-corrected chi connectivity index (χ4v) is 2.88. The van der Waals surface area contributed by atoms with Gasteiger partial charge in [0.1, 0.15) is 0 Å². The molecule has 96 valence electrons. The summed E-state index contributed by atoms with van der Waals surface area (Å²) < 4.78 is 0. The van der Waals surface area contributed by atoms with E-state index in [1.54, 1.807) is 0 Å². The number of para-hydroxylation sites is 1. The van der Waals surface area contributed by atoms with Crippen LogP contribution in [0.3, 0.4) is 0 Å². The lowest BCUT2D eigenvalue weighted by molar-refractivity contribution is 0.636. The molecule has 1 N–H and O–H groups in total. The maximum absolute atomic E-state index is 3.46. The summed E-state index contributed by atoms with van der Waals surface area (Å²) in [6, 6.07) is 10.5. The van der Waals surface area contributed by atoms with Crippen LogP contribution in [0.2, 0.25) is 0 Å². The molecule has 0 aliphatic carbocycles. The average Bonchev–Trinajstić information content (AvgIpc) is 2.38. The van der Waals surface area contributed by atoms with Gasteiger partial charge >= 0.3 is 0 Å². The maximum Gasteiger partial charge on any atom is 0.0613 e. The minimum absolute atomic E-state index is 0.817. The first-order valence-electron chi connectivity index (χ1n) is 6.77. The Kier molecular flexibility index (Phi) is 7.98. The number of rotatable bonds is 9. The van der Waals surface area contributed by atoms with Crippen molar-refractivity contribution in [2.75, 3.05) is 11.2 Å². The van der Waals surface area contributed by atoms with E-state index in [9.17, 15) is 0 Å². The number of unbranched alkanes of at least 4 members (excludes halogenated alkanes) is 2. The van der Waals surface area contributed by atoms with E-state index in [1.165, 1.54) is 37.8 Å². The van der Waals surface area contributed by atoms with Gasteiger partial charge in [0.25, 0.3) is 0 Å². The summed E-state index contributed by atoms with van der Waals surface area (Å²) in [7, 11) is 0. The number of thioether (sulfide) groups is 1. The lowest BCUT2D eigenvalue weighted by Crippen LogP contribution is -2.06. The van der Waals surface area contributed by atoms with E-state index in [2.05, 4.69) is 61.3 Å². The Hall–Kier alpha value is -0.630. The van der Waals surface area contributed by atoms with Gasteiger partial charge in [0.15, 0.2) is 0 Å². The summed E-state index contributed by atoms with van der Waals surface area (Å²) in [5.74, 6) is 1.02. The summed E-state index contributed by atoms with van der Waals surface area (Å²) in [4.78, 5) is 0. The molecule has 0 amide bonds. The lowest BCUT2D eigenvalue weighted by Gasteiger charge is -2.15. The topological polar surface area (TPSA) is 12.0 Å². The van der Waals surface area contributed by atoms with Crippen LogP contribution < -0.4 is 5.32 Å². The third-order valence-corrected chi connectivity index (χ3v) is 4.31. The first kappa shape index (κ1) is 14.4. The van der Waals surface area contributed by atoms with Crippen LogP contribution in [0.25, 0.3) is 0 Å². The Bertz CT molecular complexity index is 274. The van der Waals surface area contributed by atoms with Gasteiger partial charge in [-0.05, 0) is 25.0 Å². The molecule has 1 aromatic carbocycles. The fourth-order valence-electron chi connectivity index (χ4n) is 1.83. The summed E-state index contributed by atoms with van der Waals surface area (Å²) >= 11 is 2.06. The second-order valence-corrected chi connectivity index (χ2v) is 5.67. The number of hydrogen-bond donors (Lipinski definition) is 1. The van der Waals surface area contributed by atoms with Crippen LogP contribution in [0.4, 0.5) is 5.69 Å². The SMILES string of the molecule is CCCCC[C@H](CC)SCNc1ccccc1. The lowest BCUT2D eigenvalue weighted by atomic mass is 10.1. The van der Waals surface area contributed by atoms with Crippen molar-refractivity contribution in [2.45, 2.75) is 51.2 Å². The van der Waals surface area contributed by atoms with Crippen molar-refractivity contribution < 1.29 is 0 Å². The van der Waals surface area contributed by atoms with Gasteiger partial charge < -0.3 is 5.32 Å². The van der Waals surface area contributed by atoms with Crippen LogP contribution in [-0.2, 0) is 0 Å². The van der Waals surface area contributed by atoms with Crippen LogP contribution in [0.15, 0.2) is 30.3 Å². The molecule has 0 bridgehead atoms. The number of hydrogen-bond acceptors (Lipinski definition) is 2. The van der Waals surface area contributed by atoms with Crippen molar-refractivity contribution in [1.82, 2.24) is 0 Å². The van der Waals surface area contributed by atoms with E-state index >= 15 is 0 Å². The zero-order valence-corrected chi connectivity index (χ0v) is 11.9. The van der Waals surface area contributed by atoms with E-state index < -0.39 is 0 Å². The molecule has 1 rings (SSSR count). The summed E-state index contributed by atoms with van der Waals surface area (Å²) in [6.45, 7) is 4.57. The summed E-state index contributed by atoms with van der Waals surface area (Å²) in [5.41, 5.74) is 1.23. The van der Waals surface area contributed by atoms with Gasteiger partial charge in [-0.1, -0.05) is 51.3 Å². The van der Waals surface area contributed by atoms with Gasteiger partial charge in [0.05, 0.1) is 5.88 Å². The fraction of sp³-hybridized carbons (Fsp3) is 0.600. The number of nitrogens with one attached hydrogen (secondary N) is 1. The van der Waals surface area contributed by atoms with Gasteiger partial charge in [-0.3, -0.25) is 0 Å². The largest absolute Gasteiger partial charge is 0.376 e. The highest BCUT2D eigenvalue weighted by Gasteiger charge is 2.05. The molecule has 0 radical (unpaired) electrons. The number of benzene rings is 1. The van der Waals surface area contributed by atoms with Crippen LogP contribution in [0, 0.1) is 0 Å². The molecule has 0 spiro atoms. The van der Waals surface area contributed by atoms with E-state index in [0.717, 1.165) is 11.1 Å². The van der Waals surface area contributed by atoms with Crippen LogP contribution >= 0.6 is 11.8 Å². The minimum atomic E-state index is 0.817. The molecule has 1 atom stereocenters. The van der Waals surface area contributed by atoms with Crippen molar-refractivity contribution in [1.29, 1.82) is 0 Å². The molecule has 0 saturated carbocycles. The minimum Gasteiger partial charge on any atom is -0.376 e. The van der Waals surface area contributed by atoms with Crippen molar-refractivity contribution in [3.63, 3.8) is 0 Å². The van der Waals surface area contributed by atoms with Gasteiger partial charge in [0, 0.05) is 10.9 Å². The third kappa shape index (κ3) is 6.62. The normalized spacial score (nSPS) is 12.4. The van der Waals surface area contributed by atoms with Gasteiger partial charge in [-0.25, -0.2) is 0 Å². The quantitative estimate of drug-likeness (QED) is 0.481. The molecule has 1 nitrogen and oxygen atoms in total. The maximum atomic E-state index is 3.46. The summed E-state index contributed by atoms with van der Waals surface area (Å²) in [6.07, 6.45) is 6.73. The molecule has 0 heterocycles. The molecular formula is C15H25NS. The molecule has 0 fully saturated rings. The molecule has 1 aromatic rings. The molecule has 0 aliphatic rings. The predicted octanol–water partition coefficient (Wildman–Crippen LogP) is 5.15. The highest BCUT2D eigenvalue weighted by Crippen LogP contribution is 2.21. The first-order valence-corrected chi connectivity index (χ1v) is 7.82. The molecule has 17 heavy (non-hydrogen) atoms. The van der Waals surface area contributed by atoms with Gasteiger partial charge in [-0.15, -0.1) is 11.8 Å². The molecule has 0 unspecified atom stereocenters. The van der Waals surface area contributed by atoms with Crippen molar-refractivity contribution in [3.8, 4) is 0 Å². The smallest absolute Gasteiger partial charge is 0.0613 e. The van der Waals surface area contributed by atoms with Crippen LogP contribution in [0.1, 0.15) is 46.0 Å². The van der Waals surface area contributed by atoms with Crippen LogP contribution in [-0.4, -0.2) is 11.1 Å². The predicted molar refractivity (Wildman–Crippen MR) is 80.7 cm³/mol. The first-order chi connectivity index (χ1) is 8.36. The van der Waals surface area contributed by atoms with Gasteiger partial charge in [0.2, 0.25) is 0 Å². The van der Waals surface area contributed by atoms with E-state index in [1.807, 2.05) is 0 Å². The Morgan fingerprint density at radius 1 is 1.12 bits per heavy atom. The third-order valence-electron chi connectivity index (χ3n) is 2.95. The highest BCUT2D eigenvalue weighted by atomic mass is 32.2. The molecular weight excluding hydrogens is 226 g/mol.